The number of piperidine rings is 1. The highest BCUT2D eigenvalue weighted by Gasteiger charge is 2.28. The van der Waals surface area contributed by atoms with Crippen LogP contribution in [0.3, 0.4) is 0 Å². The zero-order chi connectivity index (χ0) is 13.3. The molecule has 2 rings (SSSR count). The molecule has 0 spiro atoms. The molecule has 0 saturated carbocycles. The van der Waals surface area contributed by atoms with Crippen molar-refractivity contribution in [1.29, 1.82) is 0 Å². The van der Waals surface area contributed by atoms with E-state index in [1.807, 2.05) is 11.7 Å². The van der Waals surface area contributed by atoms with Crippen LogP contribution in [0.5, 0.6) is 0 Å². The number of rotatable bonds is 3. The van der Waals surface area contributed by atoms with E-state index in [0.717, 1.165) is 12.2 Å². The van der Waals surface area contributed by atoms with E-state index < -0.39 is 0 Å². The van der Waals surface area contributed by atoms with Gasteiger partial charge < -0.3 is 0 Å². The highest BCUT2D eigenvalue weighted by Crippen LogP contribution is 2.34. The standard InChI is InChI=1S/C14H24BrN3/c1-5-14(3)6-8-18(9-7-14)10-12-13(15)11(2)16-17(12)4/h5-10H2,1-4H3. The number of aryl methyl sites for hydroxylation is 2. The molecule has 18 heavy (non-hydrogen) atoms. The summed E-state index contributed by atoms with van der Waals surface area (Å²) in [7, 11) is 2.03. The average Bonchev–Trinajstić information content (AvgIpc) is 2.59. The molecule has 4 heteroatoms. The first-order valence-corrected chi connectivity index (χ1v) is 7.65. The van der Waals surface area contributed by atoms with Crippen LogP contribution in [0.15, 0.2) is 4.47 Å². The Balaban J connectivity index is 2.00. The third-order valence-electron chi connectivity index (χ3n) is 4.55. The second-order valence-corrected chi connectivity index (χ2v) is 6.70. The van der Waals surface area contributed by atoms with Gasteiger partial charge in [0, 0.05) is 13.6 Å². The smallest absolute Gasteiger partial charge is 0.0739 e. The molecule has 0 N–H and O–H groups in total. The zero-order valence-electron chi connectivity index (χ0n) is 12.0. The number of aromatic nitrogens is 2. The fraction of sp³-hybridized carbons (Fsp3) is 0.786. The minimum absolute atomic E-state index is 0.566. The summed E-state index contributed by atoms with van der Waals surface area (Å²) >= 11 is 3.65. The Bertz CT molecular complexity index is 417. The van der Waals surface area contributed by atoms with Gasteiger partial charge in [-0.1, -0.05) is 20.3 Å². The molecule has 0 aliphatic carbocycles. The largest absolute Gasteiger partial charge is 0.297 e. The number of nitrogens with zero attached hydrogens (tertiary/aromatic N) is 3. The molecule has 0 atom stereocenters. The summed E-state index contributed by atoms with van der Waals surface area (Å²) in [6.07, 6.45) is 3.94. The Labute approximate surface area is 119 Å². The van der Waals surface area contributed by atoms with Crippen molar-refractivity contribution in [3.63, 3.8) is 0 Å². The molecule has 0 amide bonds. The maximum atomic E-state index is 4.46. The zero-order valence-corrected chi connectivity index (χ0v) is 13.5. The molecule has 102 valence electrons. The van der Waals surface area contributed by atoms with Crippen molar-refractivity contribution in [2.24, 2.45) is 12.5 Å². The minimum atomic E-state index is 0.566. The van der Waals surface area contributed by atoms with E-state index in [1.165, 1.54) is 42.5 Å². The highest BCUT2D eigenvalue weighted by atomic mass is 79.9. The van der Waals surface area contributed by atoms with Gasteiger partial charge in [0.05, 0.1) is 15.9 Å². The van der Waals surface area contributed by atoms with Crippen LogP contribution in [-0.2, 0) is 13.6 Å². The number of likely N-dealkylation sites (tertiary alicyclic amines) is 1. The van der Waals surface area contributed by atoms with Gasteiger partial charge in [-0.05, 0) is 54.2 Å². The molecule has 0 bridgehead atoms. The van der Waals surface area contributed by atoms with Crippen LogP contribution in [0, 0.1) is 12.3 Å². The SMILES string of the molecule is CCC1(C)CCN(Cc2c(Br)c(C)nn2C)CC1. The lowest BCUT2D eigenvalue weighted by atomic mass is 9.78. The molecule has 2 heterocycles. The van der Waals surface area contributed by atoms with E-state index in [0.29, 0.717) is 5.41 Å². The fourth-order valence-corrected chi connectivity index (χ4v) is 3.13. The van der Waals surface area contributed by atoms with E-state index in [9.17, 15) is 0 Å². The van der Waals surface area contributed by atoms with Gasteiger partial charge in [0.1, 0.15) is 0 Å². The van der Waals surface area contributed by atoms with Crippen molar-refractivity contribution in [2.45, 2.75) is 46.6 Å². The lowest BCUT2D eigenvalue weighted by Crippen LogP contribution is -2.38. The molecule has 0 unspecified atom stereocenters. The third-order valence-corrected chi connectivity index (χ3v) is 5.58. The van der Waals surface area contributed by atoms with Gasteiger partial charge in [-0.25, -0.2) is 0 Å². The number of hydrogen-bond acceptors (Lipinski definition) is 2. The van der Waals surface area contributed by atoms with Crippen molar-refractivity contribution in [3.05, 3.63) is 15.9 Å². The maximum Gasteiger partial charge on any atom is 0.0739 e. The number of hydrogen-bond donors (Lipinski definition) is 0. The Morgan fingerprint density at radius 2 is 1.94 bits per heavy atom. The maximum absolute atomic E-state index is 4.46. The van der Waals surface area contributed by atoms with E-state index in [4.69, 9.17) is 0 Å². The molecule has 0 aromatic carbocycles. The lowest BCUT2D eigenvalue weighted by molar-refractivity contribution is 0.107. The quantitative estimate of drug-likeness (QED) is 0.851. The first kappa shape index (κ1) is 14.1. The van der Waals surface area contributed by atoms with Gasteiger partial charge in [0.2, 0.25) is 0 Å². The van der Waals surface area contributed by atoms with Crippen LogP contribution in [0.25, 0.3) is 0 Å². The van der Waals surface area contributed by atoms with Crippen molar-refractivity contribution in [1.82, 2.24) is 14.7 Å². The van der Waals surface area contributed by atoms with E-state index in [-0.39, 0.29) is 0 Å². The van der Waals surface area contributed by atoms with Crippen LogP contribution in [0.2, 0.25) is 0 Å². The van der Waals surface area contributed by atoms with Crippen LogP contribution in [0.4, 0.5) is 0 Å². The minimum Gasteiger partial charge on any atom is -0.297 e. The molecule has 1 aliphatic heterocycles. The van der Waals surface area contributed by atoms with E-state index in [2.05, 4.69) is 46.7 Å². The molecule has 1 aromatic heterocycles. The Morgan fingerprint density at radius 1 is 1.33 bits per heavy atom. The Kier molecular flexibility index (Phi) is 4.17. The fourth-order valence-electron chi connectivity index (χ4n) is 2.67. The van der Waals surface area contributed by atoms with Gasteiger partial charge in [0.25, 0.3) is 0 Å². The Morgan fingerprint density at radius 3 is 2.39 bits per heavy atom. The summed E-state index contributed by atoms with van der Waals surface area (Å²) < 4.78 is 3.18. The first-order chi connectivity index (χ1) is 8.45. The van der Waals surface area contributed by atoms with Gasteiger partial charge >= 0.3 is 0 Å². The summed E-state index contributed by atoms with van der Waals surface area (Å²) in [4.78, 5) is 2.55. The van der Waals surface area contributed by atoms with Crippen molar-refractivity contribution in [3.8, 4) is 0 Å². The molecular weight excluding hydrogens is 290 g/mol. The van der Waals surface area contributed by atoms with Crippen LogP contribution < -0.4 is 0 Å². The van der Waals surface area contributed by atoms with E-state index in [1.54, 1.807) is 0 Å². The van der Waals surface area contributed by atoms with Gasteiger partial charge in [-0.15, -0.1) is 0 Å². The lowest BCUT2D eigenvalue weighted by Gasteiger charge is -2.38. The second-order valence-electron chi connectivity index (χ2n) is 5.91. The van der Waals surface area contributed by atoms with Crippen LogP contribution in [-0.4, -0.2) is 27.8 Å². The van der Waals surface area contributed by atoms with Gasteiger partial charge in [0.15, 0.2) is 0 Å². The van der Waals surface area contributed by atoms with Crippen LogP contribution in [0.1, 0.15) is 44.5 Å². The summed E-state index contributed by atoms with van der Waals surface area (Å²) in [6.45, 7) is 10.2. The molecule has 1 saturated heterocycles. The van der Waals surface area contributed by atoms with Crippen molar-refractivity contribution >= 4 is 15.9 Å². The predicted molar refractivity (Wildman–Crippen MR) is 78.6 cm³/mol. The summed E-state index contributed by atoms with van der Waals surface area (Å²) in [5.41, 5.74) is 2.95. The van der Waals surface area contributed by atoms with E-state index >= 15 is 0 Å². The molecule has 1 fully saturated rings. The highest BCUT2D eigenvalue weighted by molar-refractivity contribution is 9.10. The third kappa shape index (κ3) is 2.80. The van der Waals surface area contributed by atoms with Crippen LogP contribution >= 0.6 is 15.9 Å². The predicted octanol–water partition coefficient (Wildman–Crippen LogP) is 3.50. The van der Waals surface area contributed by atoms with Crippen molar-refractivity contribution < 1.29 is 0 Å². The molecule has 1 aliphatic rings. The summed E-state index contributed by atoms with van der Waals surface area (Å²) in [5, 5.41) is 4.46. The molecule has 0 radical (unpaired) electrons. The summed E-state index contributed by atoms with van der Waals surface area (Å²) in [6, 6.07) is 0. The normalized spacial score (nSPS) is 20.3. The second kappa shape index (κ2) is 5.33. The first-order valence-electron chi connectivity index (χ1n) is 6.85. The summed E-state index contributed by atoms with van der Waals surface area (Å²) in [5.74, 6) is 0. The average molecular weight is 314 g/mol. The molecule has 3 nitrogen and oxygen atoms in total. The van der Waals surface area contributed by atoms with Gasteiger partial charge in [-0.3, -0.25) is 9.58 Å². The van der Waals surface area contributed by atoms with Crippen molar-refractivity contribution in [2.75, 3.05) is 13.1 Å². The molecular formula is C14H24BrN3. The Hall–Kier alpha value is -0.350. The number of halogens is 1. The monoisotopic (exact) mass is 313 g/mol. The topological polar surface area (TPSA) is 21.1 Å². The van der Waals surface area contributed by atoms with Gasteiger partial charge in [-0.2, -0.15) is 5.10 Å². The molecule has 1 aromatic rings.